The van der Waals surface area contributed by atoms with Crippen LogP contribution in [0.3, 0.4) is 0 Å². The van der Waals surface area contributed by atoms with Crippen molar-refractivity contribution in [3.05, 3.63) is 23.8 Å². The minimum absolute atomic E-state index is 0.0766. The molecule has 0 bridgehead atoms. The fourth-order valence-electron chi connectivity index (χ4n) is 1.58. The second-order valence-corrected chi connectivity index (χ2v) is 7.61. The Morgan fingerprint density at radius 1 is 1.12 bits per heavy atom. The Labute approximate surface area is 103 Å². The number of hydrogen-bond acceptors (Lipinski definition) is 2. The summed E-state index contributed by atoms with van der Waals surface area (Å²) in [5, 5.41) is 0. The first-order chi connectivity index (χ1) is 7.34. The second kappa shape index (κ2) is 5.12. The van der Waals surface area contributed by atoms with E-state index >= 15 is 0 Å². The smallest absolute Gasteiger partial charge is 0.540 e. The van der Waals surface area contributed by atoms with E-state index in [-0.39, 0.29) is 5.41 Å². The monoisotopic (exact) mass is 236 g/mol. The molecule has 0 unspecified atom stereocenters. The molecule has 1 rings (SSSR count). The van der Waals surface area contributed by atoms with Crippen LogP contribution >= 0.6 is 0 Å². The molecule has 0 saturated carbocycles. The van der Waals surface area contributed by atoms with Crippen molar-refractivity contribution in [2.24, 2.45) is 0 Å². The molecule has 0 aliphatic rings. The van der Waals surface area contributed by atoms with E-state index in [1.165, 1.54) is 5.56 Å². The van der Waals surface area contributed by atoms with Crippen molar-refractivity contribution in [2.75, 3.05) is 7.11 Å². The van der Waals surface area contributed by atoms with Crippen molar-refractivity contribution in [3.8, 4) is 11.5 Å². The summed E-state index contributed by atoms with van der Waals surface area (Å²) in [4.78, 5) is 0. The lowest BCUT2D eigenvalue weighted by molar-refractivity contribution is 0.410. The Balaban J connectivity index is 3.17. The van der Waals surface area contributed by atoms with Crippen LogP contribution in [0.25, 0.3) is 0 Å². The van der Waals surface area contributed by atoms with Crippen molar-refractivity contribution < 1.29 is 8.53 Å². The lowest BCUT2D eigenvalue weighted by Gasteiger charge is -2.25. The summed E-state index contributed by atoms with van der Waals surface area (Å²) in [5.41, 5.74) is 1.29. The zero-order chi connectivity index (χ0) is 12.3. The van der Waals surface area contributed by atoms with Crippen LogP contribution in [0.4, 0.5) is 0 Å². The average molecular weight is 236 g/mol. The first-order valence-corrected chi connectivity index (χ1v) is 8.48. The molecule has 2 nitrogen and oxygen atoms in total. The minimum Gasteiger partial charge on any atom is -0.643 e. The van der Waals surface area contributed by atoms with Crippen molar-refractivity contribution in [1.29, 1.82) is 0 Å². The fraction of sp³-hybridized carbons (Fsp3) is 0.538. The van der Waals surface area contributed by atoms with Gasteiger partial charge in [0.2, 0.25) is 0 Å². The summed E-state index contributed by atoms with van der Waals surface area (Å²) in [5.74, 6) is 6.26. The van der Waals surface area contributed by atoms with E-state index in [9.17, 15) is 0 Å². The van der Waals surface area contributed by atoms with E-state index in [0.717, 1.165) is 11.5 Å². The van der Waals surface area contributed by atoms with E-state index in [4.69, 9.17) is 8.53 Å². The Bertz CT molecular complexity index is 353. The first kappa shape index (κ1) is 13.4. The van der Waals surface area contributed by atoms with Gasteiger partial charge < -0.3 is 8.53 Å². The molecule has 0 heterocycles. The highest BCUT2D eigenvalue weighted by molar-refractivity contribution is 6.49. The van der Waals surface area contributed by atoms with Crippen LogP contribution in [0.5, 0.6) is 11.5 Å². The molecular formula is C13H21AlO2. The van der Waals surface area contributed by atoms with Gasteiger partial charge in [-0.15, -0.1) is 0 Å². The third kappa shape index (κ3) is 3.44. The number of rotatable bonds is 3. The minimum atomic E-state index is -1.06. The molecule has 3 heteroatoms. The summed E-state index contributed by atoms with van der Waals surface area (Å²) in [7, 11) is 1.69. The van der Waals surface area contributed by atoms with E-state index < -0.39 is 14.5 Å². The van der Waals surface area contributed by atoms with E-state index in [0.29, 0.717) is 0 Å². The van der Waals surface area contributed by atoms with Gasteiger partial charge in [-0.3, -0.25) is 0 Å². The third-order valence-corrected chi connectivity index (χ3v) is 3.08. The Morgan fingerprint density at radius 3 is 2.19 bits per heavy atom. The topological polar surface area (TPSA) is 18.5 Å². The second-order valence-electron chi connectivity index (χ2n) is 5.28. The number of ether oxygens (including phenoxy) is 1. The molecule has 0 amide bonds. The molecule has 0 fully saturated rings. The standard InChI is InChI=1S/C11H16O2.2CH3.Al/c1-11(2,3)9-7-8(13-4)5-6-10(9)12;;;/h5-7,12H,1-4H3;2*1H3;/q;;;+1/p-1. The van der Waals surface area contributed by atoms with Crippen molar-refractivity contribution in [2.45, 2.75) is 37.8 Å². The van der Waals surface area contributed by atoms with Crippen LogP contribution < -0.4 is 8.53 Å². The highest BCUT2D eigenvalue weighted by atomic mass is 27.2. The molecule has 88 valence electrons. The Kier molecular flexibility index (Phi) is 4.29. The lowest BCUT2D eigenvalue weighted by Crippen LogP contribution is -2.18. The molecule has 0 saturated heterocycles. The maximum atomic E-state index is 5.95. The van der Waals surface area contributed by atoms with Crippen LogP contribution in [0, 0.1) is 0 Å². The van der Waals surface area contributed by atoms with Gasteiger partial charge >= 0.3 is 14.5 Å². The number of benzene rings is 1. The largest absolute Gasteiger partial charge is 0.643 e. The zero-order valence-electron chi connectivity index (χ0n) is 11.1. The van der Waals surface area contributed by atoms with Crippen LogP contribution in [0.1, 0.15) is 26.3 Å². The van der Waals surface area contributed by atoms with E-state index in [1.54, 1.807) is 7.11 Å². The Hall–Kier alpha value is -0.648. The SMILES string of the molecule is COc1ccc([O][Al]([CH3])[CH3])c(C(C)(C)C)c1. The molecule has 0 spiro atoms. The molecular weight excluding hydrogens is 215 g/mol. The van der Waals surface area contributed by atoms with Gasteiger partial charge in [-0.2, -0.15) is 0 Å². The molecule has 0 aromatic heterocycles. The highest BCUT2D eigenvalue weighted by Crippen LogP contribution is 2.34. The zero-order valence-corrected chi connectivity index (χ0v) is 12.3. The van der Waals surface area contributed by atoms with Gasteiger partial charge in [0.1, 0.15) is 5.75 Å². The van der Waals surface area contributed by atoms with Crippen LogP contribution in [-0.4, -0.2) is 21.6 Å². The van der Waals surface area contributed by atoms with Crippen LogP contribution in [-0.2, 0) is 5.41 Å². The molecule has 0 aliphatic carbocycles. The average Bonchev–Trinajstić information content (AvgIpc) is 2.15. The summed E-state index contributed by atoms with van der Waals surface area (Å²) in [6.45, 7) is 6.57. The van der Waals surface area contributed by atoms with Gasteiger partial charge in [-0.25, -0.2) is 0 Å². The van der Waals surface area contributed by atoms with Gasteiger partial charge in [0, 0.05) is 0 Å². The van der Waals surface area contributed by atoms with Crippen LogP contribution in [0.15, 0.2) is 18.2 Å². The molecule has 0 aliphatic heterocycles. The summed E-state index contributed by atoms with van der Waals surface area (Å²) in [6.07, 6.45) is 0. The third-order valence-electron chi connectivity index (χ3n) is 2.36. The quantitative estimate of drug-likeness (QED) is 0.746. The van der Waals surface area contributed by atoms with Crippen LogP contribution in [0.2, 0.25) is 11.6 Å². The Morgan fingerprint density at radius 2 is 1.75 bits per heavy atom. The van der Waals surface area contributed by atoms with Crippen molar-refractivity contribution in [3.63, 3.8) is 0 Å². The molecule has 1 aromatic rings. The normalized spacial score (nSPS) is 11.1. The van der Waals surface area contributed by atoms with Gasteiger partial charge in [0.15, 0.2) is 0 Å². The molecule has 0 atom stereocenters. The fourth-order valence-corrected chi connectivity index (χ4v) is 2.29. The van der Waals surface area contributed by atoms with Gasteiger partial charge in [0.05, 0.1) is 12.9 Å². The van der Waals surface area contributed by atoms with E-state index in [1.807, 2.05) is 12.1 Å². The predicted octanol–water partition coefficient (Wildman–Crippen LogP) is 3.62. The lowest BCUT2D eigenvalue weighted by atomic mass is 9.86. The summed E-state index contributed by atoms with van der Waals surface area (Å²) < 4.78 is 11.2. The molecule has 1 aromatic carbocycles. The number of methoxy groups -OCH3 is 1. The van der Waals surface area contributed by atoms with Crippen molar-refractivity contribution in [1.82, 2.24) is 0 Å². The highest BCUT2D eigenvalue weighted by Gasteiger charge is 2.21. The maximum Gasteiger partial charge on any atom is 0.540 e. The summed E-state index contributed by atoms with van der Waals surface area (Å²) >= 11 is -1.06. The first-order valence-electron chi connectivity index (χ1n) is 5.69. The molecule has 16 heavy (non-hydrogen) atoms. The van der Waals surface area contributed by atoms with E-state index in [2.05, 4.69) is 38.4 Å². The summed E-state index contributed by atoms with van der Waals surface area (Å²) in [6, 6.07) is 6.06. The predicted molar refractivity (Wildman–Crippen MR) is 69.8 cm³/mol. The maximum absolute atomic E-state index is 5.95. The van der Waals surface area contributed by atoms with Gasteiger partial charge in [-0.05, 0) is 29.2 Å². The molecule has 0 radical (unpaired) electrons. The number of hydrogen-bond donors (Lipinski definition) is 0. The van der Waals surface area contributed by atoms with Gasteiger partial charge in [0.25, 0.3) is 0 Å². The van der Waals surface area contributed by atoms with Gasteiger partial charge in [-0.1, -0.05) is 32.3 Å². The molecule has 0 N–H and O–H groups in total. The van der Waals surface area contributed by atoms with Crippen molar-refractivity contribution >= 4 is 14.5 Å².